The van der Waals surface area contributed by atoms with Gasteiger partial charge in [-0.1, -0.05) is 37.3 Å². The van der Waals surface area contributed by atoms with Gasteiger partial charge in [0.15, 0.2) is 11.7 Å². The van der Waals surface area contributed by atoms with Crippen molar-refractivity contribution >= 4 is 28.9 Å². The molecule has 0 fully saturated rings. The van der Waals surface area contributed by atoms with Crippen LogP contribution in [0.1, 0.15) is 18.1 Å². The van der Waals surface area contributed by atoms with Crippen molar-refractivity contribution in [3.63, 3.8) is 0 Å². The Balaban J connectivity index is 1.52. The zero-order chi connectivity index (χ0) is 16.9. The molecule has 1 aliphatic rings. The van der Waals surface area contributed by atoms with Crippen molar-refractivity contribution in [3.8, 4) is 5.75 Å². The maximum Gasteiger partial charge on any atom is 0.264 e. The lowest BCUT2D eigenvalue weighted by molar-refractivity contribution is -0.121. The van der Waals surface area contributed by atoms with Crippen molar-refractivity contribution in [3.05, 3.63) is 59.7 Å². The number of nitrogens with zero attached hydrogens (tertiary/aromatic N) is 1. The number of anilines is 1. The number of carbonyl (C=O) groups is 1. The first-order valence-corrected chi connectivity index (χ1v) is 8.49. The quantitative estimate of drug-likeness (QED) is 0.869. The van der Waals surface area contributed by atoms with Gasteiger partial charge in [0.05, 0.1) is 0 Å². The average molecular weight is 340 g/mol. The first-order valence-electron chi connectivity index (χ1n) is 8.08. The van der Waals surface area contributed by atoms with Gasteiger partial charge < -0.3 is 9.64 Å². The lowest BCUT2D eigenvalue weighted by Gasteiger charge is -2.20. The smallest absolute Gasteiger partial charge is 0.264 e. The Bertz CT molecular complexity index is 743. The summed E-state index contributed by atoms with van der Waals surface area (Å²) in [6.45, 7) is 2.83. The molecule has 24 heavy (non-hydrogen) atoms. The van der Waals surface area contributed by atoms with Crippen molar-refractivity contribution < 1.29 is 9.53 Å². The lowest BCUT2D eigenvalue weighted by Crippen LogP contribution is -2.43. The number of carbonyl (C=O) groups excluding carboxylic acids is 1. The second-order valence-electron chi connectivity index (χ2n) is 5.67. The number of aryl methyl sites for hydroxylation is 1. The summed E-state index contributed by atoms with van der Waals surface area (Å²) < 4.78 is 5.51. The number of fused-ring (bicyclic) bond motifs is 1. The van der Waals surface area contributed by atoms with E-state index in [9.17, 15) is 4.79 Å². The van der Waals surface area contributed by atoms with Gasteiger partial charge in [-0.25, -0.2) is 0 Å². The van der Waals surface area contributed by atoms with Crippen molar-refractivity contribution in [2.24, 2.45) is 0 Å². The third kappa shape index (κ3) is 3.74. The molecular weight excluding hydrogens is 320 g/mol. The zero-order valence-corrected chi connectivity index (χ0v) is 14.4. The van der Waals surface area contributed by atoms with Crippen LogP contribution in [0.3, 0.4) is 0 Å². The Morgan fingerprint density at radius 1 is 1.21 bits per heavy atom. The number of thiocarbonyl (C=S) groups is 1. The predicted octanol–water partition coefficient (Wildman–Crippen LogP) is 3.09. The maximum atomic E-state index is 12.1. The second kappa shape index (κ2) is 7.45. The van der Waals surface area contributed by atoms with Crippen LogP contribution < -0.4 is 15.0 Å². The highest BCUT2D eigenvalue weighted by Crippen LogP contribution is 2.27. The number of rotatable bonds is 4. The van der Waals surface area contributed by atoms with Crippen LogP contribution >= 0.6 is 12.2 Å². The molecule has 1 amide bonds. The fourth-order valence-corrected chi connectivity index (χ4v) is 3.05. The molecule has 0 atom stereocenters. The molecule has 0 saturated heterocycles. The minimum Gasteiger partial charge on any atom is -0.484 e. The van der Waals surface area contributed by atoms with E-state index in [-0.39, 0.29) is 12.5 Å². The Morgan fingerprint density at radius 2 is 1.96 bits per heavy atom. The van der Waals surface area contributed by atoms with E-state index in [4.69, 9.17) is 17.0 Å². The van der Waals surface area contributed by atoms with Crippen molar-refractivity contribution in [1.29, 1.82) is 0 Å². The number of para-hydroxylation sites is 1. The molecule has 0 radical (unpaired) electrons. The van der Waals surface area contributed by atoms with E-state index in [0.29, 0.717) is 10.9 Å². The Morgan fingerprint density at radius 3 is 2.71 bits per heavy atom. The minimum absolute atomic E-state index is 0.0545. The van der Waals surface area contributed by atoms with E-state index in [2.05, 4.69) is 18.3 Å². The summed E-state index contributed by atoms with van der Waals surface area (Å²) in [7, 11) is 0. The van der Waals surface area contributed by atoms with Crippen LogP contribution in [0.2, 0.25) is 0 Å². The molecule has 0 unspecified atom stereocenters. The zero-order valence-electron chi connectivity index (χ0n) is 13.6. The molecule has 1 aliphatic heterocycles. The SMILES string of the molecule is CCc1ccc(OCC(=O)NC(=S)N2CCc3ccccc32)cc1. The highest BCUT2D eigenvalue weighted by atomic mass is 32.1. The van der Waals surface area contributed by atoms with Gasteiger partial charge in [-0.05, 0) is 54.4 Å². The first-order chi connectivity index (χ1) is 11.7. The van der Waals surface area contributed by atoms with Crippen LogP contribution in [-0.4, -0.2) is 24.2 Å². The molecule has 4 nitrogen and oxygen atoms in total. The summed E-state index contributed by atoms with van der Waals surface area (Å²) in [6, 6.07) is 15.8. The molecule has 3 rings (SSSR count). The third-order valence-electron chi connectivity index (χ3n) is 4.08. The molecule has 0 aliphatic carbocycles. The largest absolute Gasteiger partial charge is 0.484 e. The van der Waals surface area contributed by atoms with Gasteiger partial charge in [-0.2, -0.15) is 0 Å². The normalized spacial score (nSPS) is 12.6. The molecule has 124 valence electrons. The number of benzene rings is 2. The fraction of sp³-hybridized carbons (Fsp3) is 0.263. The second-order valence-corrected chi connectivity index (χ2v) is 6.06. The van der Waals surface area contributed by atoms with E-state index >= 15 is 0 Å². The number of amides is 1. The van der Waals surface area contributed by atoms with Crippen molar-refractivity contribution in [2.45, 2.75) is 19.8 Å². The summed E-state index contributed by atoms with van der Waals surface area (Å²) in [5.74, 6) is 0.434. The summed E-state index contributed by atoms with van der Waals surface area (Å²) in [6.07, 6.45) is 1.92. The molecule has 1 heterocycles. The highest BCUT2D eigenvalue weighted by molar-refractivity contribution is 7.80. The predicted molar refractivity (Wildman–Crippen MR) is 99.5 cm³/mol. The van der Waals surface area contributed by atoms with Crippen LogP contribution in [0.4, 0.5) is 5.69 Å². The van der Waals surface area contributed by atoms with Crippen LogP contribution in [0.5, 0.6) is 5.75 Å². The molecule has 1 N–H and O–H groups in total. The van der Waals surface area contributed by atoms with Crippen LogP contribution in [0.15, 0.2) is 48.5 Å². The molecule has 0 aromatic heterocycles. The summed E-state index contributed by atoms with van der Waals surface area (Å²) in [5, 5.41) is 3.17. The van der Waals surface area contributed by atoms with Gasteiger partial charge in [0.1, 0.15) is 5.75 Å². The van der Waals surface area contributed by atoms with E-state index in [0.717, 1.165) is 25.1 Å². The standard InChI is InChI=1S/C19H20N2O2S/c1-2-14-7-9-16(10-8-14)23-13-18(22)20-19(24)21-12-11-15-5-3-4-6-17(15)21/h3-10H,2,11-13H2,1H3,(H,20,22,24). The molecule has 0 spiro atoms. The van der Waals surface area contributed by atoms with Crippen molar-refractivity contribution in [2.75, 3.05) is 18.1 Å². The molecule has 2 aromatic rings. The molecule has 0 bridgehead atoms. The van der Waals surface area contributed by atoms with Gasteiger partial charge in [-0.15, -0.1) is 0 Å². The maximum absolute atomic E-state index is 12.1. The monoisotopic (exact) mass is 340 g/mol. The minimum atomic E-state index is -0.246. The molecule has 0 saturated carbocycles. The van der Waals surface area contributed by atoms with Crippen LogP contribution in [-0.2, 0) is 17.6 Å². The van der Waals surface area contributed by atoms with E-state index in [1.807, 2.05) is 47.4 Å². The molecular formula is C19H20N2O2S. The van der Waals surface area contributed by atoms with E-state index in [1.54, 1.807) is 0 Å². The van der Waals surface area contributed by atoms with Gasteiger partial charge in [-0.3, -0.25) is 10.1 Å². The third-order valence-corrected chi connectivity index (χ3v) is 4.40. The van der Waals surface area contributed by atoms with E-state index < -0.39 is 0 Å². The van der Waals surface area contributed by atoms with Gasteiger partial charge in [0.2, 0.25) is 0 Å². The van der Waals surface area contributed by atoms with Gasteiger partial charge >= 0.3 is 0 Å². The Hall–Kier alpha value is -2.40. The molecule has 2 aromatic carbocycles. The topological polar surface area (TPSA) is 41.6 Å². The number of ether oxygens (including phenoxy) is 1. The summed E-state index contributed by atoms with van der Waals surface area (Å²) in [4.78, 5) is 14.0. The summed E-state index contributed by atoms with van der Waals surface area (Å²) >= 11 is 5.37. The average Bonchev–Trinajstić information content (AvgIpc) is 3.04. The lowest BCUT2D eigenvalue weighted by atomic mass is 10.2. The van der Waals surface area contributed by atoms with Crippen LogP contribution in [0, 0.1) is 0 Å². The summed E-state index contributed by atoms with van der Waals surface area (Å²) in [5.41, 5.74) is 3.56. The number of hydrogen-bond donors (Lipinski definition) is 1. The Labute approximate surface area is 147 Å². The fourth-order valence-electron chi connectivity index (χ4n) is 2.74. The van der Waals surface area contributed by atoms with Gasteiger partial charge in [0.25, 0.3) is 5.91 Å². The van der Waals surface area contributed by atoms with Crippen molar-refractivity contribution in [1.82, 2.24) is 5.32 Å². The van der Waals surface area contributed by atoms with Crippen LogP contribution in [0.25, 0.3) is 0 Å². The first kappa shape index (κ1) is 16.5. The van der Waals surface area contributed by atoms with Gasteiger partial charge in [0, 0.05) is 12.2 Å². The highest BCUT2D eigenvalue weighted by Gasteiger charge is 2.22. The Kier molecular flexibility index (Phi) is 5.11. The molecule has 5 heteroatoms. The van der Waals surface area contributed by atoms with E-state index in [1.165, 1.54) is 11.1 Å². The number of hydrogen-bond acceptors (Lipinski definition) is 3. The number of nitrogens with one attached hydrogen (secondary N) is 1.